The molecule has 0 atom stereocenters. The van der Waals surface area contributed by atoms with Crippen molar-refractivity contribution < 1.29 is 0 Å². The highest BCUT2D eigenvalue weighted by molar-refractivity contribution is 6.81. The van der Waals surface area contributed by atoms with E-state index in [9.17, 15) is 0 Å². The fraction of sp³-hybridized carbons (Fsp3) is 0.333. The molecule has 0 amide bonds. The Morgan fingerprint density at radius 2 is 0.917 bits per heavy atom. The quantitative estimate of drug-likeness (QED) is 0.142. The molecule has 0 aromatic heterocycles. The van der Waals surface area contributed by atoms with Crippen LogP contribution in [0.4, 0.5) is 0 Å². The normalized spacial score (nSPS) is 12.8. The molecule has 3 heteroatoms. The van der Waals surface area contributed by atoms with Crippen LogP contribution in [0, 0.1) is 0 Å². The second-order valence-corrected chi connectivity index (χ2v) is 19.6. The van der Waals surface area contributed by atoms with Crippen molar-refractivity contribution in [3.05, 3.63) is 84.4 Å². The molecule has 5 rings (SSSR count). The minimum absolute atomic E-state index is 0.433. The molecule has 180 valence electrons. The van der Waals surface area contributed by atoms with Gasteiger partial charge in [0, 0.05) is 28.6 Å². The summed E-state index contributed by atoms with van der Waals surface area (Å²) in [5.74, 6) is 0. The lowest BCUT2D eigenvalue weighted by Crippen LogP contribution is -2.39. The first-order valence-electron chi connectivity index (χ1n) is 13.3. The number of hydrogen-bond acceptors (Lipinski definition) is 0. The van der Waals surface area contributed by atoms with Crippen LogP contribution in [0.1, 0.15) is 47.1 Å². The maximum atomic E-state index is 2.48. The molecule has 0 unspecified atom stereocenters. The molecule has 6 radical (unpaired) electrons. The largest absolute Gasteiger partial charge is 0.0656 e. The van der Waals surface area contributed by atoms with Gasteiger partial charge in [-0.15, -0.1) is 0 Å². The van der Waals surface area contributed by atoms with E-state index in [2.05, 4.69) is 120 Å². The van der Waals surface area contributed by atoms with Gasteiger partial charge in [0.05, 0.1) is 0 Å². The topological polar surface area (TPSA) is 0 Å². The minimum Gasteiger partial charge on any atom is -0.0656 e. The van der Waals surface area contributed by atoms with Crippen LogP contribution in [0.25, 0.3) is 43.1 Å². The molecule has 5 aromatic carbocycles. The van der Waals surface area contributed by atoms with Gasteiger partial charge in [0.1, 0.15) is 0 Å². The standard InChI is InChI=1S/C33H36Si3/c1-21(2)34-33(35-22(3)4,36-23(5)6)20-27-13-9-12-26-16-30-17-28-14-24-10-7-8-11-25(24)15-29(28)18-31(30)19-32(26)27/h7-19,21-23H,20H2,1-6H3. The molecule has 0 aliphatic carbocycles. The first kappa shape index (κ1) is 25.4. The summed E-state index contributed by atoms with van der Waals surface area (Å²) in [6.45, 7) is 14.5. The second-order valence-electron chi connectivity index (χ2n) is 11.2. The predicted octanol–water partition coefficient (Wildman–Crippen LogP) is 9.51. The molecule has 0 N–H and O–H groups in total. The van der Waals surface area contributed by atoms with E-state index in [-0.39, 0.29) is 0 Å². The Morgan fingerprint density at radius 1 is 0.500 bits per heavy atom. The highest BCUT2D eigenvalue weighted by Gasteiger charge is 2.35. The van der Waals surface area contributed by atoms with Crippen molar-refractivity contribution >= 4 is 71.6 Å². The van der Waals surface area contributed by atoms with Gasteiger partial charge in [0.2, 0.25) is 0 Å². The van der Waals surface area contributed by atoms with Gasteiger partial charge in [0.15, 0.2) is 0 Å². The summed E-state index contributed by atoms with van der Waals surface area (Å²) >= 11 is 0. The van der Waals surface area contributed by atoms with Crippen molar-refractivity contribution in [1.29, 1.82) is 0 Å². The predicted molar refractivity (Wildman–Crippen MR) is 165 cm³/mol. The van der Waals surface area contributed by atoms with E-state index in [0.29, 0.717) is 4.28 Å². The van der Waals surface area contributed by atoms with Crippen LogP contribution >= 0.6 is 0 Å². The molecule has 0 fully saturated rings. The molecule has 0 saturated heterocycles. The zero-order chi connectivity index (χ0) is 25.4. The van der Waals surface area contributed by atoms with Gasteiger partial charge in [0.25, 0.3) is 0 Å². The number of rotatable bonds is 8. The second kappa shape index (κ2) is 10.3. The zero-order valence-electron chi connectivity index (χ0n) is 22.4. The molecule has 5 aromatic rings. The number of benzene rings is 5. The highest BCUT2D eigenvalue weighted by atomic mass is 28.3. The third kappa shape index (κ3) is 5.39. The summed E-state index contributed by atoms with van der Waals surface area (Å²) in [6, 6.07) is 30.1. The maximum absolute atomic E-state index is 2.48. The maximum Gasteiger partial charge on any atom is 0.0411 e. The van der Waals surface area contributed by atoms with Crippen molar-refractivity contribution in [2.75, 3.05) is 0 Å². The molecular formula is C33H36Si3. The molecule has 0 aliphatic heterocycles. The van der Waals surface area contributed by atoms with Crippen LogP contribution in [-0.2, 0) is 6.42 Å². The van der Waals surface area contributed by atoms with Crippen LogP contribution in [0.3, 0.4) is 0 Å². The summed E-state index contributed by atoms with van der Waals surface area (Å²) in [5.41, 5.74) is 3.79. The SMILES string of the molecule is CC(C)[Si]C(Cc1cccc2cc3cc4cc5ccccc5cc4cc3cc12)([Si]C(C)C)[Si]C(C)C. The molecule has 0 saturated carbocycles. The summed E-state index contributed by atoms with van der Waals surface area (Å²) in [7, 11) is 3.05. The van der Waals surface area contributed by atoms with Crippen LogP contribution in [0.2, 0.25) is 20.9 Å². The molecule has 0 bridgehead atoms. The fourth-order valence-corrected chi connectivity index (χ4v) is 15.8. The molecule has 0 aliphatic rings. The van der Waals surface area contributed by atoms with Crippen LogP contribution in [-0.4, -0.2) is 28.6 Å². The highest BCUT2D eigenvalue weighted by Crippen LogP contribution is 2.39. The number of hydrogen-bond donors (Lipinski definition) is 0. The van der Waals surface area contributed by atoms with Crippen LogP contribution in [0.5, 0.6) is 0 Å². The fourth-order valence-electron chi connectivity index (χ4n) is 5.73. The Balaban J connectivity index is 1.65. The monoisotopic (exact) mass is 516 g/mol. The number of fused-ring (bicyclic) bond motifs is 4. The van der Waals surface area contributed by atoms with Crippen molar-refractivity contribution in [3.63, 3.8) is 0 Å². The van der Waals surface area contributed by atoms with Crippen molar-refractivity contribution in [2.24, 2.45) is 0 Å². The smallest absolute Gasteiger partial charge is 0.0411 e. The lowest BCUT2D eigenvalue weighted by molar-refractivity contribution is 0.875. The third-order valence-electron chi connectivity index (χ3n) is 6.81. The minimum atomic E-state index is 0.433. The van der Waals surface area contributed by atoms with Gasteiger partial charge >= 0.3 is 0 Å². The molecule has 36 heavy (non-hydrogen) atoms. The van der Waals surface area contributed by atoms with E-state index in [1.807, 2.05) is 0 Å². The van der Waals surface area contributed by atoms with Crippen LogP contribution < -0.4 is 0 Å². The lowest BCUT2D eigenvalue weighted by Gasteiger charge is -2.37. The molecule has 0 spiro atoms. The van der Waals surface area contributed by atoms with E-state index < -0.39 is 0 Å². The van der Waals surface area contributed by atoms with Gasteiger partial charge in [-0.3, -0.25) is 0 Å². The van der Waals surface area contributed by atoms with Gasteiger partial charge in [-0.05, 0) is 95.8 Å². The van der Waals surface area contributed by atoms with E-state index in [1.54, 1.807) is 5.56 Å². The third-order valence-corrected chi connectivity index (χ3v) is 13.1. The van der Waals surface area contributed by atoms with E-state index in [1.165, 1.54) is 49.5 Å². The average Bonchev–Trinajstić information content (AvgIpc) is 2.79. The summed E-state index contributed by atoms with van der Waals surface area (Å²) in [4.78, 5) is 0. The molecule has 0 nitrogen and oxygen atoms in total. The Bertz CT molecular complexity index is 1500. The summed E-state index contributed by atoms with van der Waals surface area (Å²) < 4.78 is 0.433. The first-order valence-corrected chi connectivity index (χ1v) is 16.6. The van der Waals surface area contributed by atoms with Gasteiger partial charge in [-0.1, -0.05) is 101 Å². The van der Waals surface area contributed by atoms with Crippen LogP contribution in [0.15, 0.2) is 78.9 Å². The van der Waals surface area contributed by atoms with E-state index in [0.717, 1.165) is 45.2 Å². The Morgan fingerprint density at radius 3 is 1.42 bits per heavy atom. The Hall–Kier alpha value is -2.21. The summed E-state index contributed by atoms with van der Waals surface area (Å²) in [6.07, 6.45) is 1.21. The molecule has 0 heterocycles. The van der Waals surface area contributed by atoms with Gasteiger partial charge in [-0.2, -0.15) is 0 Å². The van der Waals surface area contributed by atoms with E-state index >= 15 is 0 Å². The van der Waals surface area contributed by atoms with Crippen molar-refractivity contribution in [3.8, 4) is 0 Å². The average molecular weight is 517 g/mol. The Labute approximate surface area is 224 Å². The Kier molecular flexibility index (Phi) is 7.26. The van der Waals surface area contributed by atoms with Gasteiger partial charge < -0.3 is 0 Å². The van der Waals surface area contributed by atoms with Crippen molar-refractivity contribution in [2.45, 2.75) is 68.9 Å². The zero-order valence-corrected chi connectivity index (χ0v) is 25.4. The van der Waals surface area contributed by atoms with Gasteiger partial charge in [-0.25, -0.2) is 0 Å². The molecular weight excluding hydrogens is 481 g/mol. The van der Waals surface area contributed by atoms with Crippen molar-refractivity contribution in [1.82, 2.24) is 0 Å². The van der Waals surface area contributed by atoms with E-state index in [4.69, 9.17) is 0 Å². The summed E-state index contributed by atoms with van der Waals surface area (Å²) in [5, 5.41) is 10.8. The first-order chi connectivity index (χ1) is 17.2. The lowest BCUT2D eigenvalue weighted by atomic mass is 9.95.